The van der Waals surface area contributed by atoms with Crippen molar-refractivity contribution in [3.8, 4) is 0 Å². The molecule has 2 aliphatic rings. The lowest BCUT2D eigenvalue weighted by molar-refractivity contribution is 0.0601. The minimum Gasteiger partial charge on any atom is -0.465 e. The first-order valence-electron chi connectivity index (χ1n) is 10.5. The van der Waals surface area contributed by atoms with E-state index in [9.17, 15) is 4.79 Å². The van der Waals surface area contributed by atoms with Crippen LogP contribution in [-0.2, 0) is 22.3 Å². The first kappa shape index (κ1) is 21.1. The van der Waals surface area contributed by atoms with Gasteiger partial charge in [-0.25, -0.2) is 9.42 Å². The van der Waals surface area contributed by atoms with E-state index in [1.165, 1.54) is 12.0 Å². The smallest absolute Gasteiger partial charge is 0.341 e. The molecule has 0 unspecified atom stereocenters. The highest BCUT2D eigenvalue weighted by atomic mass is 32.1. The van der Waals surface area contributed by atoms with E-state index in [4.69, 9.17) is 26.3 Å². The minimum absolute atomic E-state index is 0.340. The number of carbonyl (C=O) groups is 1. The molecule has 1 saturated heterocycles. The first-order valence-corrected chi connectivity index (χ1v) is 11.8. The molecule has 0 radical (unpaired) electrons. The van der Waals surface area contributed by atoms with Crippen molar-refractivity contribution in [2.45, 2.75) is 25.7 Å². The van der Waals surface area contributed by atoms with Gasteiger partial charge in [-0.05, 0) is 65.9 Å². The quantitative estimate of drug-likeness (QED) is 0.432. The van der Waals surface area contributed by atoms with Crippen molar-refractivity contribution in [2.75, 3.05) is 48.9 Å². The molecule has 11 heteroatoms. The topological polar surface area (TPSA) is 102 Å². The summed E-state index contributed by atoms with van der Waals surface area (Å²) in [4.78, 5) is 15.9. The maximum atomic E-state index is 12.5. The molecular formula is C21H23N5O4S2. The Kier molecular flexibility index (Phi) is 5.94. The third-order valence-electron chi connectivity index (χ3n) is 5.78. The predicted molar refractivity (Wildman–Crippen MR) is 127 cm³/mol. The number of methoxy groups -OCH3 is 1. The third kappa shape index (κ3) is 3.91. The highest BCUT2D eigenvalue weighted by Crippen LogP contribution is 2.39. The molecule has 9 nitrogen and oxygen atoms in total. The summed E-state index contributed by atoms with van der Waals surface area (Å²) in [5.41, 5.74) is 4.56. The van der Waals surface area contributed by atoms with E-state index in [-0.39, 0.29) is 5.97 Å². The van der Waals surface area contributed by atoms with E-state index >= 15 is 0 Å². The minimum atomic E-state index is -0.340. The Bertz CT molecular complexity index is 1170. The number of aromatic nitrogens is 2. The summed E-state index contributed by atoms with van der Waals surface area (Å²) in [7, 11) is 1.40. The van der Waals surface area contributed by atoms with Crippen molar-refractivity contribution in [3.05, 3.63) is 28.1 Å². The number of nitrogens with one attached hydrogen (secondary N) is 2. The van der Waals surface area contributed by atoms with Gasteiger partial charge in [0, 0.05) is 18.0 Å². The van der Waals surface area contributed by atoms with Crippen LogP contribution in [0.1, 0.15) is 33.6 Å². The summed E-state index contributed by atoms with van der Waals surface area (Å²) in [5, 5.41) is 15.6. The fraction of sp³-hybridized carbons (Fsp3) is 0.429. The highest BCUT2D eigenvalue weighted by Gasteiger charge is 2.27. The molecule has 0 spiro atoms. The van der Waals surface area contributed by atoms with Gasteiger partial charge in [-0.15, -0.1) is 11.3 Å². The summed E-state index contributed by atoms with van der Waals surface area (Å²) in [6, 6.07) is 3.89. The van der Waals surface area contributed by atoms with Crippen LogP contribution in [0, 0.1) is 0 Å². The average Bonchev–Trinajstić information content (AvgIpc) is 3.44. The molecule has 3 heterocycles. The normalized spacial score (nSPS) is 16.0. The van der Waals surface area contributed by atoms with Crippen LogP contribution >= 0.6 is 23.6 Å². The number of nitrogens with zero attached hydrogens (tertiary/aromatic N) is 3. The summed E-state index contributed by atoms with van der Waals surface area (Å²) in [6.45, 7) is 2.92. The molecular weight excluding hydrogens is 450 g/mol. The standard InChI is InChI=1S/C21H23N5O4S2/c1-28-20(27)16-12-4-2-3-5-15(12)32-19(16)23-21(31)22-13-6-7-14(18-17(13)24-30-25-18)26-8-10-29-11-9-26/h6-7H,2-5,8-11H2,1H3,(H2,22,23,31). The second kappa shape index (κ2) is 9.00. The number of morpholine rings is 1. The zero-order chi connectivity index (χ0) is 22.1. The number of carbonyl (C=O) groups excluding carboxylic acids is 1. The Morgan fingerprint density at radius 1 is 1.16 bits per heavy atom. The fourth-order valence-corrected chi connectivity index (χ4v) is 5.80. The molecule has 3 aromatic rings. The van der Waals surface area contributed by atoms with Gasteiger partial charge in [-0.3, -0.25) is 0 Å². The zero-order valence-electron chi connectivity index (χ0n) is 17.6. The molecule has 1 aliphatic carbocycles. The number of thiocarbonyl (C=S) groups is 1. The number of fused-ring (bicyclic) bond motifs is 2. The number of thiophene rings is 1. The predicted octanol–water partition coefficient (Wildman–Crippen LogP) is 3.60. The van der Waals surface area contributed by atoms with E-state index < -0.39 is 0 Å². The lowest BCUT2D eigenvalue weighted by Crippen LogP contribution is -2.36. The molecule has 1 fully saturated rings. The van der Waals surface area contributed by atoms with Gasteiger partial charge >= 0.3 is 5.97 Å². The zero-order valence-corrected chi connectivity index (χ0v) is 19.2. The van der Waals surface area contributed by atoms with Crippen molar-refractivity contribution < 1.29 is 18.9 Å². The molecule has 0 atom stereocenters. The van der Waals surface area contributed by atoms with Gasteiger partial charge in [0.15, 0.2) is 16.1 Å². The Balaban J connectivity index is 1.39. The Morgan fingerprint density at radius 2 is 1.94 bits per heavy atom. The van der Waals surface area contributed by atoms with Crippen molar-refractivity contribution in [3.63, 3.8) is 0 Å². The number of ether oxygens (including phenoxy) is 2. The third-order valence-corrected chi connectivity index (χ3v) is 7.19. The van der Waals surface area contributed by atoms with Crippen LogP contribution in [0.15, 0.2) is 16.8 Å². The van der Waals surface area contributed by atoms with Gasteiger partial charge in [-0.1, -0.05) is 0 Å². The van der Waals surface area contributed by atoms with E-state index in [0.717, 1.165) is 50.0 Å². The van der Waals surface area contributed by atoms with Gasteiger partial charge < -0.3 is 25.0 Å². The van der Waals surface area contributed by atoms with Crippen LogP contribution in [0.4, 0.5) is 16.4 Å². The van der Waals surface area contributed by atoms with Gasteiger partial charge in [0.25, 0.3) is 0 Å². The number of hydrogen-bond acceptors (Lipinski definition) is 9. The van der Waals surface area contributed by atoms with Crippen molar-refractivity contribution in [1.82, 2.24) is 10.3 Å². The molecule has 0 bridgehead atoms. The van der Waals surface area contributed by atoms with Crippen LogP contribution < -0.4 is 15.5 Å². The lowest BCUT2D eigenvalue weighted by atomic mass is 9.95. The Hall–Kier alpha value is -2.76. The van der Waals surface area contributed by atoms with Gasteiger partial charge in [0.1, 0.15) is 5.00 Å². The highest BCUT2D eigenvalue weighted by molar-refractivity contribution is 7.80. The molecule has 0 saturated carbocycles. The number of rotatable bonds is 4. The van der Waals surface area contributed by atoms with E-state index in [2.05, 4.69) is 25.8 Å². The number of anilines is 3. The van der Waals surface area contributed by atoms with Crippen LogP contribution in [0.3, 0.4) is 0 Å². The van der Waals surface area contributed by atoms with Crippen LogP contribution in [-0.4, -0.2) is 54.8 Å². The van der Waals surface area contributed by atoms with Crippen molar-refractivity contribution >= 4 is 62.0 Å². The molecule has 32 heavy (non-hydrogen) atoms. The maximum absolute atomic E-state index is 12.5. The van der Waals surface area contributed by atoms with E-state index in [1.54, 1.807) is 11.3 Å². The van der Waals surface area contributed by atoms with E-state index in [1.807, 2.05) is 12.1 Å². The van der Waals surface area contributed by atoms with Crippen LogP contribution in [0.5, 0.6) is 0 Å². The first-order chi connectivity index (χ1) is 15.7. The van der Waals surface area contributed by atoms with Crippen molar-refractivity contribution in [1.29, 1.82) is 0 Å². The van der Waals surface area contributed by atoms with Crippen molar-refractivity contribution in [2.24, 2.45) is 0 Å². The summed E-state index contributed by atoms with van der Waals surface area (Å²) in [5.74, 6) is -0.340. The lowest BCUT2D eigenvalue weighted by Gasteiger charge is -2.28. The molecule has 2 aromatic heterocycles. The van der Waals surface area contributed by atoms with Gasteiger partial charge in [0.2, 0.25) is 0 Å². The molecule has 1 aliphatic heterocycles. The molecule has 1 aromatic carbocycles. The fourth-order valence-electron chi connectivity index (χ4n) is 4.24. The monoisotopic (exact) mass is 473 g/mol. The average molecular weight is 474 g/mol. The summed E-state index contributed by atoms with van der Waals surface area (Å²) >= 11 is 7.13. The Labute approximate surface area is 194 Å². The SMILES string of the molecule is COC(=O)c1c(NC(=S)Nc2ccc(N3CCOCC3)c3nonc23)sc2c1CCCC2. The van der Waals surface area contributed by atoms with E-state index in [0.29, 0.717) is 45.6 Å². The number of esters is 1. The number of benzene rings is 1. The second-order valence-corrected chi connectivity index (χ2v) is 9.19. The van der Waals surface area contributed by atoms with Gasteiger partial charge in [0.05, 0.1) is 37.3 Å². The summed E-state index contributed by atoms with van der Waals surface area (Å²) in [6.07, 6.45) is 4.05. The molecule has 5 rings (SSSR count). The summed E-state index contributed by atoms with van der Waals surface area (Å²) < 4.78 is 15.5. The molecule has 168 valence electrons. The molecule has 0 amide bonds. The number of aryl methyl sites for hydroxylation is 1. The van der Waals surface area contributed by atoms with Crippen LogP contribution in [0.25, 0.3) is 11.0 Å². The molecule has 2 N–H and O–H groups in total. The number of hydrogen-bond donors (Lipinski definition) is 2. The van der Waals surface area contributed by atoms with Gasteiger partial charge in [-0.2, -0.15) is 0 Å². The Morgan fingerprint density at radius 3 is 2.75 bits per heavy atom. The van der Waals surface area contributed by atoms with Crippen LogP contribution in [0.2, 0.25) is 0 Å². The second-order valence-electron chi connectivity index (χ2n) is 7.68. The largest absolute Gasteiger partial charge is 0.465 e. The maximum Gasteiger partial charge on any atom is 0.341 e.